The van der Waals surface area contributed by atoms with Crippen molar-refractivity contribution >= 4 is 23.2 Å². The molecule has 1 aromatic heterocycles. The molecule has 2 aromatic carbocycles. The van der Waals surface area contributed by atoms with Gasteiger partial charge in [-0.3, -0.25) is 9.59 Å². The lowest BCUT2D eigenvalue weighted by atomic mass is 9.99. The van der Waals surface area contributed by atoms with Crippen LogP contribution in [0.5, 0.6) is 5.75 Å². The minimum atomic E-state index is -0.705. The minimum absolute atomic E-state index is 0.0442. The maximum atomic E-state index is 12.6. The van der Waals surface area contributed by atoms with Crippen LogP contribution in [-0.2, 0) is 5.54 Å². The summed E-state index contributed by atoms with van der Waals surface area (Å²) in [5, 5.41) is 15.4. The Balaban J connectivity index is 1.89. The average molecular weight is 395 g/mol. The van der Waals surface area contributed by atoms with E-state index in [4.69, 9.17) is 5.73 Å². The van der Waals surface area contributed by atoms with Gasteiger partial charge in [0, 0.05) is 16.5 Å². The predicted octanol–water partition coefficient (Wildman–Crippen LogP) is 3.67. The van der Waals surface area contributed by atoms with Gasteiger partial charge in [0.1, 0.15) is 10.8 Å². The van der Waals surface area contributed by atoms with E-state index in [1.807, 2.05) is 37.4 Å². The van der Waals surface area contributed by atoms with E-state index < -0.39 is 11.4 Å². The third kappa shape index (κ3) is 3.89. The number of thiazole rings is 1. The summed E-state index contributed by atoms with van der Waals surface area (Å²) in [4.78, 5) is 28.8. The second kappa shape index (κ2) is 7.82. The first kappa shape index (κ1) is 19.6. The first-order valence-corrected chi connectivity index (χ1v) is 9.69. The smallest absolute Gasteiger partial charge is 0.252 e. The number of hydrogen-bond donors (Lipinski definition) is 3. The standard InChI is InChI=1S/C21H21N3O3S/c1-3-21(2,24-19(27)13-7-5-4-6-8-13)20-23-16(12-28-20)14-9-10-17(25)15(11-14)18(22)26/h4-12,25H,3H2,1-2H3,(H2,22,26)(H,24,27)/t21-/m1/s1. The number of phenols is 1. The highest BCUT2D eigenvalue weighted by atomic mass is 32.1. The summed E-state index contributed by atoms with van der Waals surface area (Å²) in [5.74, 6) is -1.04. The van der Waals surface area contributed by atoms with E-state index >= 15 is 0 Å². The third-order valence-corrected chi connectivity index (χ3v) is 5.77. The van der Waals surface area contributed by atoms with Crippen LogP contribution in [0.1, 0.15) is 46.0 Å². The number of benzene rings is 2. The Morgan fingerprint density at radius 2 is 1.93 bits per heavy atom. The molecule has 0 aliphatic heterocycles. The molecule has 0 aliphatic carbocycles. The lowest BCUT2D eigenvalue weighted by Gasteiger charge is -2.27. The molecule has 144 valence electrons. The zero-order valence-electron chi connectivity index (χ0n) is 15.6. The van der Waals surface area contributed by atoms with E-state index in [0.717, 1.165) is 5.01 Å². The van der Waals surface area contributed by atoms with Gasteiger partial charge in [-0.05, 0) is 43.7 Å². The quantitative estimate of drug-likeness (QED) is 0.592. The van der Waals surface area contributed by atoms with Gasteiger partial charge in [-0.2, -0.15) is 0 Å². The van der Waals surface area contributed by atoms with E-state index in [1.54, 1.807) is 18.2 Å². The normalized spacial score (nSPS) is 12.9. The van der Waals surface area contributed by atoms with Crippen LogP contribution in [-0.4, -0.2) is 21.9 Å². The van der Waals surface area contributed by atoms with Gasteiger partial charge in [-0.15, -0.1) is 11.3 Å². The molecule has 7 heteroatoms. The molecule has 0 spiro atoms. The van der Waals surface area contributed by atoms with Crippen molar-refractivity contribution in [3.63, 3.8) is 0 Å². The third-order valence-electron chi connectivity index (χ3n) is 4.67. The maximum absolute atomic E-state index is 12.6. The van der Waals surface area contributed by atoms with Gasteiger partial charge in [0.05, 0.1) is 16.8 Å². The zero-order chi connectivity index (χ0) is 20.3. The van der Waals surface area contributed by atoms with Crippen molar-refractivity contribution in [3.8, 4) is 17.0 Å². The molecule has 1 heterocycles. The van der Waals surface area contributed by atoms with Crippen molar-refractivity contribution in [2.45, 2.75) is 25.8 Å². The Hall–Kier alpha value is -3.19. The molecule has 28 heavy (non-hydrogen) atoms. The van der Waals surface area contributed by atoms with Crippen LogP contribution in [0.25, 0.3) is 11.3 Å². The molecule has 0 radical (unpaired) electrons. The van der Waals surface area contributed by atoms with E-state index in [2.05, 4.69) is 10.3 Å². The SMILES string of the molecule is CC[C@@](C)(NC(=O)c1ccccc1)c1nc(-c2ccc(O)c(C(N)=O)c2)cs1. The molecule has 3 aromatic rings. The Morgan fingerprint density at radius 1 is 1.21 bits per heavy atom. The summed E-state index contributed by atoms with van der Waals surface area (Å²) < 4.78 is 0. The summed E-state index contributed by atoms with van der Waals surface area (Å²) in [7, 11) is 0. The summed E-state index contributed by atoms with van der Waals surface area (Å²) in [6.07, 6.45) is 0.653. The van der Waals surface area contributed by atoms with Gasteiger partial charge in [0.25, 0.3) is 11.8 Å². The summed E-state index contributed by atoms with van der Waals surface area (Å²) in [5.41, 5.74) is 6.61. The lowest BCUT2D eigenvalue weighted by Crippen LogP contribution is -2.43. The predicted molar refractivity (Wildman–Crippen MR) is 109 cm³/mol. The molecule has 1 atom stereocenters. The fourth-order valence-corrected chi connectivity index (χ4v) is 3.78. The van der Waals surface area contributed by atoms with Crippen LogP contribution >= 0.6 is 11.3 Å². The highest BCUT2D eigenvalue weighted by molar-refractivity contribution is 7.10. The number of amides is 2. The Bertz CT molecular complexity index is 1020. The molecule has 4 N–H and O–H groups in total. The first-order chi connectivity index (χ1) is 13.3. The van der Waals surface area contributed by atoms with Crippen LogP contribution < -0.4 is 11.1 Å². The van der Waals surface area contributed by atoms with Crippen LogP contribution in [0, 0.1) is 0 Å². The average Bonchev–Trinajstić information content (AvgIpc) is 3.19. The summed E-state index contributed by atoms with van der Waals surface area (Å²) >= 11 is 1.43. The van der Waals surface area contributed by atoms with Gasteiger partial charge in [0.15, 0.2) is 0 Å². The number of carbonyl (C=O) groups is 2. The molecular weight excluding hydrogens is 374 g/mol. The number of nitrogens with two attached hydrogens (primary N) is 1. The summed E-state index contributed by atoms with van der Waals surface area (Å²) in [6.45, 7) is 3.92. The Labute approximate surface area is 167 Å². The van der Waals surface area contributed by atoms with Crippen molar-refractivity contribution in [1.82, 2.24) is 10.3 Å². The number of hydrogen-bond acceptors (Lipinski definition) is 5. The van der Waals surface area contributed by atoms with Crippen molar-refractivity contribution in [3.05, 3.63) is 70.0 Å². The Morgan fingerprint density at radius 3 is 2.57 bits per heavy atom. The largest absolute Gasteiger partial charge is 0.507 e. The topological polar surface area (TPSA) is 105 Å². The zero-order valence-corrected chi connectivity index (χ0v) is 16.4. The van der Waals surface area contributed by atoms with E-state index in [0.29, 0.717) is 23.2 Å². The van der Waals surface area contributed by atoms with Crippen LogP contribution in [0.2, 0.25) is 0 Å². The number of primary amides is 1. The Kier molecular flexibility index (Phi) is 5.46. The van der Waals surface area contributed by atoms with Gasteiger partial charge in [-0.1, -0.05) is 25.1 Å². The second-order valence-electron chi connectivity index (χ2n) is 6.64. The molecule has 3 rings (SSSR count). The number of carbonyl (C=O) groups excluding carboxylic acids is 2. The molecule has 2 amide bonds. The fourth-order valence-electron chi connectivity index (χ4n) is 2.76. The van der Waals surface area contributed by atoms with Gasteiger partial charge in [-0.25, -0.2) is 4.98 Å². The van der Waals surface area contributed by atoms with Crippen LogP contribution in [0.15, 0.2) is 53.9 Å². The molecule has 0 saturated carbocycles. The minimum Gasteiger partial charge on any atom is -0.507 e. The van der Waals surface area contributed by atoms with Crippen molar-refractivity contribution in [2.24, 2.45) is 5.73 Å². The maximum Gasteiger partial charge on any atom is 0.252 e. The monoisotopic (exact) mass is 395 g/mol. The molecule has 0 aliphatic rings. The molecule has 0 saturated heterocycles. The van der Waals surface area contributed by atoms with Crippen molar-refractivity contribution < 1.29 is 14.7 Å². The number of aromatic hydroxyl groups is 1. The van der Waals surface area contributed by atoms with E-state index in [9.17, 15) is 14.7 Å². The lowest BCUT2D eigenvalue weighted by molar-refractivity contribution is 0.0901. The molecule has 0 fully saturated rings. The molecular formula is C21H21N3O3S. The van der Waals surface area contributed by atoms with Gasteiger partial charge in [0.2, 0.25) is 0 Å². The van der Waals surface area contributed by atoms with E-state index in [1.165, 1.54) is 23.5 Å². The number of aromatic nitrogens is 1. The summed E-state index contributed by atoms with van der Waals surface area (Å²) in [6, 6.07) is 13.6. The molecule has 6 nitrogen and oxygen atoms in total. The highest BCUT2D eigenvalue weighted by Gasteiger charge is 2.30. The number of nitrogens with zero attached hydrogens (tertiary/aromatic N) is 1. The number of nitrogens with one attached hydrogen (secondary N) is 1. The highest BCUT2D eigenvalue weighted by Crippen LogP contribution is 2.33. The van der Waals surface area contributed by atoms with Crippen molar-refractivity contribution in [2.75, 3.05) is 0 Å². The first-order valence-electron chi connectivity index (χ1n) is 8.81. The second-order valence-corrected chi connectivity index (χ2v) is 7.50. The van der Waals surface area contributed by atoms with Gasteiger partial charge >= 0.3 is 0 Å². The van der Waals surface area contributed by atoms with Gasteiger partial charge < -0.3 is 16.2 Å². The van der Waals surface area contributed by atoms with Crippen LogP contribution in [0.4, 0.5) is 0 Å². The number of rotatable bonds is 6. The fraction of sp³-hybridized carbons (Fsp3) is 0.190. The molecule has 0 unspecified atom stereocenters. The van der Waals surface area contributed by atoms with Crippen molar-refractivity contribution in [1.29, 1.82) is 0 Å². The van der Waals surface area contributed by atoms with E-state index in [-0.39, 0.29) is 17.2 Å². The van der Waals surface area contributed by atoms with Crippen LogP contribution in [0.3, 0.4) is 0 Å². The molecule has 0 bridgehead atoms.